The van der Waals surface area contributed by atoms with Crippen molar-refractivity contribution < 1.29 is 14.6 Å². The first-order valence-corrected chi connectivity index (χ1v) is 6.94. The smallest absolute Gasteiger partial charge is 0.129 e. The fraction of sp³-hybridized carbons (Fsp3) is 0.600. The van der Waals surface area contributed by atoms with E-state index in [0.717, 1.165) is 25.8 Å². The molecule has 0 amide bonds. The lowest BCUT2D eigenvalue weighted by molar-refractivity contribution is 0.00694. The number of benzene rings is 1. The number of piperidine rings is 1. The van der Waals surface area contributed by atoms with Gasteiger partial charge in [-0.3, -0.25) is 4.90 Å². The second-order valence-electron chi connectivity index (χ2n) is 5.34. The average Bonchev–Trinajstić information content (AvgIpc) is 2.39. The number of hydrogen-bond acceptors (Lipinski definition) is 3. The van der Waals surface area contributed by atoms with Gasteiger partial charge in [-0.2, -0.15) is 0 Å². The molecule has 1 aromatic carbocycles. The molecule has 1 fully saturated rings. The first kappa shape index (κ1) is 14.4. The zero-order valence-electron chi connectivity index (χ0n) is 11.3. The van der Waals surface area contributed by atoms with Gasteiger partial charge in [-0.05, 0) is 32.4 Å². The van der Waals surface area contributed by atoms with E-state index in [-0.39, 0.29) is 11.9 Å². The van der Waals surface area contributed by atoms with Crippen LogP contribution in [0.25, 0.3) is 0 Å². The van der Waals surface area contributed by atoms with Crippen molar-refractivity contribution in [3.05, 3.63) is 35.6 Å². The molecule has 1 aliphatic heterocycles. The zero-order chi connectivity index (χ0) is 13.8. The summed E-state index contributed by atoms with van der Waals surface area (Å²) in [6.07, 6.45) is 1.82. The zero-order valence-corrected chi connectivity index (χ0v) is 11.3. The van der Waals surface area contributed by atoms with Gasteiger partial charge < -0.3 is 10.2 Å². The Balaban J connectivity index is 2.05. The van der Waals surface area contributed by atoms with Gasteiger partial charge in [-0.15, -0.1) is 0 Å². The van der Waals surface area contributed by atoms with E-state index in [0.29, 0.717) is 12.1 Å². The summed E-state index contributed by atoms with van der Waals surface area (Å²) in [4.78, 5) is 2.07. The summed E-state index contributed by atoms with van der Waals surface area (Å²) in [6, 6.07) is 6.38. The molecule has 0 saturated carbocycles. The summed E-state index contributed by atoms with van der Waals surface area (Å²) in [5.74, 6) is -0.374. The molecule has 2 N–H and O–H groups in total. The molecule has 2 rings (SSSR count). The minimum absolute atomic E-state index is 0.0650. The van der Waals surface area contributed by atoms with Crippen molar-refractivity contribution in [3.63, 3.8) is 0 Å². The molecule has 0 aliphatic carbocycles. The quantitative estimate of drug-likeness (QED) is 0.878. The Hall–Kier alpha value is -0.970. The Bertz CT molecular complexity index is 411. The van der Waals surface area contributed by atoms with Crippen molar-refractivity contribution in [2.45, 2.75) is 44.4 Å². The maximum absolute atomic E-state index is 13.6. The third-order valence-electron chi connectivity index (χ3n) is 3.89. The number of aliphatic hydroxyl groups excluding tert-OH is 2. The molecular formula is C15H22FNO2. The summed E-state index contributed by atoms with van der Waals surface area (Å²) in [7, 11) is 0. The van der Waals surface area contributed by atoms with Gasteiger partial charge in [0.2, 0.25) is 0 Å². The number of rotatable bonds is 4. The third kappa shape index (κ3) is 3.53. The molecule has 0 spiro atoms. The largest absolute Gasteiger partial charge is 0.392 e. The Morgan fingerprint density at radius 3 is 2.74 bits per heavy atom. The lowest BCUT2D eigenvalue weighted by atomic mass is 9.97. The van der Waals surface area contributed by atoms with E-state index in [9.17, 15) is 14.6 Å². The molecule has 0 bridgehead atoms. The van der Waals surface area contributed by atoms with Crippen molar-refractivity contribution >= 4 is 0 Å². The van der Waals surface area contributed by atoms with Gasteiger partial charge in [0.1, 0.15) is 5.82 Å². The second kappa shape index (κ2) is 6.46. The molecule has 3 nitrogen and oxygen atoms in total. The predicted molar refractivity (Wildman–Crippen MR) is 72.3 cm³/mol. The fourth-order valence-electron chi connectivity index (χ4n) is 2.86. The minimum Gasteiger partial charge on any atom is -0.392 e. The van der Waals surface area contributed by atoms with Crippen LogP contribution in [-0.4, -0.2) is 40.3 Å². The summed E-state index contributed by atoms with van der Waals surface area (Å²) in [6.45, 7) is 3.00. The van der Waals surface area contributed by atoms with Gasteiger partial charge in [0.25, 0.3) is 0 Å². The van der Waals surface area contributed by atoms with Crippen LogP contribution in [0, 0.1) is 5.82 Å². The van der Waals surface area contributed by atoms with E-state index in [4.69, 9.17) is 0 Å². The fourth-order valence-corrected chi connectivity index (χ4v) is 2.86. The number of halogens is 1. The number of nitrogens with zero attached hydrogens (tertiary/aromatic N) is 1. The van der Waals surface area contributed by atoms with Crippen molar-refractivity contribution in [3.8, 4) is 0 Å². The van der Waals surface area contributed by atoms with Gasteiger partial charge >= 0.3 is 0 Å². The number of hydrogen-bond donors (Lipinski definition) is 2. The SMILES string of the molecule is CC(O)C1CCCCN1CC(O)c1ccccc1F. The molecule has 3 unspecified atom stereocenters. The summed E-state index contributed by atoms with van der Waals surface area (Å²) >= 11 is 0. The third-order valence-corrected chi connectivity index (χ3v) is 3.89. The van der Waals surface area contributed by atoms with Crippen molar-refractivity contribution in [1.82, 2.24) is 4.90 Å². The standard InChI is InChI=1S/C15H22FNO2/c1-11(18)14-8-4-5-9-17(14)10-15(19)12-6-2-3-7-13(12)16/h2-3,6-7,11,14-15,18-19H,4-5,8-10H2,1H3. The van der Waals surface area contributed by atoms with Crippen LogP contribution in [0.1, 0.15) is 37.9 Å². The lowest BCUT2D eigenvalue weighted by Gasteiger charge is -2.38. The monoisotopic (exact) mass is 267 g/mol. The van der Waals surface area contributed by atoms with E-state index in [1.54, 1.807) is 25.1 Å². The molecule has 3 atom stereocenters. The van der Waals surface area contributed by atoms with Crippen molar-refractivity contribution in [2.75, 3.05) is 13.1 Å². The summed E-state index contributed by atoms with van der Waals surface area (Å²) in [5, 5.41) is 20.0. The molecule has 4 heteroatoms. The number of β-amino-alcohol motifs (C(OH)–C–C–N with tert-alkyl or cyclic N) is 1. The Kier molecular flexibility index (Phi) is 4.91. The number of likely N-dealkylation sites (tertiary alicyclic amines) is 1. The van der Waals surface area contributed by atoms with E-state index >= 15 is 0 Å². The lowest BCUT2D eigenvalue weighted by Crippen LogP contribution is -2.47. The molecule has 106 valence electrons. The minimum atomic E-state index is -0.847. The van der Waals surface area contributed by atoms with Crippen LogP contribution >= 0.6 is 0 Å². The molecule has 0 aromatic heterocycles. The molecule has 1 aromatic rings. The van der Waals surface area contributed by atoms with Gasteiger partial charge in [0.05, 0.1) is 12.2 Å². The molecule has 1 heterocycles. The van der Waals surface area contributed by atoms with Crippen LogP contribution in [0.5, 0.6) is 0 Å². The summed E-state index contributed by atoms with van der Waals surface area (Å²) < 4.78 is 13.6. The van der Waals surface area contributed by atoms with Crippen LogP contribution in [-0.2, 0) is 0 Å². The molecule has 1 saturated heterocycles. The van der Waals surface area contributed by atoms with Gasteiger partial charge in [-0.25, -0.2) is 4.39 Å². The Labute approximate surface area is 113 Å². The summed E-state index contributed by atoms with van der Waals surface area (Å²) in [5.41, 5.74) is 0.331. The Morgan fingerprint density at radius 2 is 2.05 bits per heavy atom. The highest BCUT2D eigenvalue weighted by molar-refractivity contribution is 5.20. The molecule has 0 radical (unpaired) electrons. The topological polar surface area (TPSA) is 43.7 Å². The highest BCUT2D eigenvalue weighted by atomic mass is 19.1. The normalized spacial score (nSPS) is 24.1. The van der Waals surface area contributed by atoms with Crippen LogP contribution in [0.3, 0.4) is 0 Å². The van der Waals surface area contributed by atoms with Crippen LogP contribution in [0.2, 0.25) is 0 Å². The van der Waals surface area contributed by atoms with E-state index in [1.165, 1.54) is 6.07 Å². The van der Waals surface area contributed by atoms with Crippen LogP contribution in [0.4, 0.5) is 4.39 Å². The van der Waals surface area contributed by atoms with Crippen molar-refractivity contribution in [2.24, 2.45) is 0 Å². The molecule has 1 aliphatic rings. The first-order valence-electron chi connectivity index (χ1n) is 6.94. The molecule has 19 heavy (non-hydrogen) atoms. The predicted octanol–water partition coefficient (Wildman–Crippen LogP) is 2.09. The highest BCUT2D eigenvalue weighted by Crippen LogP contribution is 2.24. The van der Waals surface area contributed by atoms with Crippen molar-refractivity contribution in [1.29, 1.82) is 0 Å². The van der Waals surface area contributed by atoms with Gasteiger partial charge in [-0.1, -0.05) is 24.6 Å². The maximum Gasteiger partial charge on any atom is 0.129 e. The molecular weight excluding hydrogens is 245 g/mol. The number of aliphatic hydroxyl groups is 2. The van der Waals surface area contributed by atoms with Gasteiger partial charge in [0.15, 0.2) is 0 Å². The average molecular weight is 267 g/mol. The van der Waals surface area contributed by atoms with E-state index in [2.05, 4.69) is 4.90 Å². The van der Waals surface area contributed by atoms with Gasteiger partial charge in [0, 0.05) is 18.2 Å². The highest BCUT2D eigenvalue weighted by Gasteiger charge is 2.28. The first-order chi connectivity index (χ1) is 9.09. The van der Waals surface area contributed by atoms with E-state index in [1.807, 2.05) is 0 Å². The Morgan fingerprint density at radius 1 is 1.32 bits per heavy atom. The van der Waals surface area contributed by atoms with Crippen LogP contribution < -0.4 is 0 Å². The maximum atomic E-state index is 13.6. The van der Waals surface area contributed by atoms with Crippen LogP contribution in [0.15, 0.2) is 24.3 Å². The van der Waals surface area contributed by atoms with E-state index < -0.39 is 12.2 Å². The second-order valence-corrected chi connectivity index (χ2v) is 5.34.